The number of H-pyrrole nitrogens is 1. The number of nitrogens with zero attached hydrogens (tertiary/aromatic N) is 1. The maximum atomic E-state index is 11.5. The number of carbonyl (C=O) groups excluding carboxylic acids is 1. The lowest BCUT2D eigenvalue weighted by Crippen LogP contribution is -2.28. The first-order valence-corrected chi connectivity index (χ1v) is 5.82. The van der Waals surface area contributed by atoms with Gasteiger partial charge in [0, 0.05) is 22.6 Å². The zero-order chi connectivity index (χ0) is 12.1. The summed E-state index contributed by atoms with van der Waals surface area (Å²) in [4.78, 5) is 18.4. The summed E-state index contributed by atoms with van der Waals surface area (Å²) in [6.45, 7) is 0.370. The molecule has 1 aromatic heterocycles. The SMILES string of the molecule is O=C(NCc1ncc[nH]1)Nc1ccc(Br)cc1. The molecule has 0 saturated heterocycles. The summed E-state index contributed by atoms with van der Waals surface area (Å²) in [5.41, 5.74) is 0.741. The van der Waals surface area contributed by atoms with Gasteiger partial charge in [0.15, 0.2) is 0 Å². The van der Waals surface area contributed by atoms with Gasteiger partial charge in [0.25, 0.3) is 0 Å². The second kappa shape index (κ2) is 5.49. The molecule has 1 heterocycles. The summed E-state index contributed by atoms with van der Waals surface area (Å²) in [6, 6.07) is 7.10. The summed E-state index contributed by atoms with van der Waals surface area (Å²) in [6.07, 6.45) is 3.35. The van der Waals surface area contributed by atoms with Gasteiger partial charge in [0.2, 0.25) is 0 Å². The van der Waals surface area contributed by atoms with E-state index in [0.29, 0.717) is 6.54 Å². The second-order valence-corrected chi connectivity index (χ2v) is 4.27. The molecule has 3 N–H and O–H groups in total. The number of hydrogen-bond donors (Lipinski definition) is 3. The van der Waals surface area contributed by atoms with Gasteiger partial charge < -0.3 is 15.6 Å². The van der Waals surface area contributed by atoms with E-state index < -0.39 is 0 Å². The standard InChI is InChI=1S/C11H11BrN4O/c12-8-1-3-9(4-2-8)16-11(17)15-7-10-13-5-6-14-10/h1-6H,7H2,(H,13,14)(H2,15,16,17). The molecule has 0 saturated carbocycles. The molecule has 0 aliphatic carbocycles. The quantitative estimate of drug-likeness (QED) is 0.814. The lowest BCUT2D eigenvalue weighted by Gasteiger charge is -2.06. The Morgan fingerprint density at radius 1 is 1.35 bits per heavy atom. The van der Waals surface area contributed by atoms with Crippen molar-refractivity contribution in [3.8, 4) is 0 Å². The average molecular weight is 295 g/mol. The van der Waals surface area contributed by atoms with E-state index in [0.717, 1.165) is 16.0 Å². The predicted octanol–water partition coefficient (Wildman–Crippen LogP) is 2.49. The van der Waals surface area contributed by atoms with Crippen LogP contribution in [0.15, 0.2) is 41.1 Å². The molecule has 0 spiro atoms. The van der Waals surface area contributed by atoms with Crippen molar-refractivity contribution >= 4 is 27.6 Å². The van der Waals surface area contributed by atoms with Gasteiger partial charge in [-0.1, -0.05) is 15.9 Å². The molecule has 1 aromatic carbocycles. The van der Waals surface area contributed by atoms with E-state index in [9.17, 15) is 4.79 Å². The number of benzene rings is 1. The van der Waals surface area contributed by atoms with E-state index in [1.807, 2.05) is 24.3 Å². The fraction of sp³-hybridized carbons (Fsp3) is 0.0909. The van der Waals surface area contributed by atoms with Crippen molar-refractivity contribution in [2.75, 3.05) is 5.32 Å². The van der Waals surface area contributed by atoms with Crippen molar-refractivity contribution < 1.29 is 4.79 Å². The maximum Gasteiger partial charge on any atom is 0.319 e. The fourth-order valence-electron chi connectivity index (χ4n) is 1.27. The molecule has 0 fully saturated rings. The number of rotatable bonds is 3. The Hall–Kier alpha value is -1.82. The van der Waals surface area contributed by atoms with E-state index in [1.54, 1.807) is 12.4 Å². The van der Waals surface area contributed by atoms with Crippen LogP contribution < -0.4 is 10.6 Å². The Kier molecular flexibility index (Phi) is 3.77. The van der Waals surface area contributed by atoms with E-state index in [2.05, 4.69) is 36.5 Å². The minimum Gasteiger partial charge on any atom is -0.347 e. The van der Waals surface area contributed by atoms with Crippen molar-refractivity contribution in [3.05, 3.63) is 47.0 Å². The monoisotopic (exact) mass is 294 g/mol. The molecule has 5 nitrogen and oxygen atoms in total. The molecule has 6 heteroatoms. The zero-order valence-electron chi connectivity index (χ0n) is 8.90. The highest BCUT2D eigenvalue weighted by molar-refractivity contribution is 9.10. The maximum absolute atomic E-state index is 11.5. The molecule has 0 atom stereocenters. The van der Waals surface area contributed by atoms with Crippen LogP contribution in [0.3, 0.4) is 0 Å². The molecule has 2 amide bonds. The number of halogens is 1. The van der Waals surface area contributed by atoms with Crippen LogP contribution in [0, 0.1) is 0 Å². The fourth-order valence-corrected chi connectivity index (χ4v) is 1.53. The topological polar surface area (TPSA) is 69.8 Å². The van der Waals surface area contributed by atoms with E-state index in [-0.39, 0.29) is 6.03 Å². The number of imidazole rings is 1. The normalized spacial score (nSPS) is 9.94. The Bertz CT molecular complexity index is 481. The first kappa shape index (κ1) is 11.7. The number of anilines is 1. The summed E-state index contributed by atoms with van der Waals surface area (Å²) in [5.74, 6) is 0.718. The van der Waals surface area contributed by atoms with Gasteiger partial charge in [-0.15, -0.1) is 0 Å². The highest BCUT2D eigenvalue weighted by Gasteiger charge is 2.02. The number of aromatic amines is 1. The van der Waals surface area contributed by atoms with Gasteiger partial charge in [-0.05, 0) is 24.3 Å². The number of hydrogen-bond acceptors (Lipinski definition) is 2. The first-order chi connectivity index (χ1) is 8.24. The molecule has 2 aromatic rings. The largest absolute Gasteiger partial charge is 0.347 e. The van der Waals surface area contributed by atoms with Gasteiger partial charge >= 0.3 is 6.03 Å². The summed E-state index contributed by atoms with van der Waals surface area (Å²) in [7, 11) is 0. The molecule has 0 unspecified atom stereocenters. The van der Waals surface area contributed by atoms with Crippen molar-refractivity contribution in [1.29, 1.82) is 0 Å². The van der Waals surface area contributed by atoms with Crippen LogP contribution in [-0.2, 0) is 6.54 Å². The third-order valence-corrected chi connectivity index (χ3v) is 2.60. The van der Waals surface area contributed by atoms with E-state index in [1.165, 1.54) is 0 Å². The predicted molar refractivity (Wildman–Crippen MR) is 68.6 cm³/mol. The van der Waals surface area contributed by atoms with Crippen LogP contribution in [0.4, 0.5) is 10.5 Å². The molecule has 0 aliphatic heterocycles. The average Bonchev–Trinajstić information content (AvgIpc) is 2.83. The lowest BCUT2D eigenvalue weighted by atomic mass is 10.3. The van der Waals surface area contributed by atoms with Gasteiger partial charge in [-0.25, -0.2) is 9.78 Å². The Balaban J connectivity index is 1.83. The number of nitrogens with one attached hydrogen (secondary N) is 3. The van der Waals surface area contributed by atoms with Crippen molar-refractivity contribution in [3.63, 3.8) is 0 Å². The van der Waals surface area contributed by atoms with Gasteiger partial charge in [0.05, 0.1) is 6.54 Å². The van der Waals surface area contributed by atoms with Crippen LogP contribution in [0.5, 0.6) is 0 Å². The smallest absolute Gasteiger partial charge is 0.319 e. The molecule has 17 heavy (non-hydrogen) atoms. The zero-order valence-corrected chi connectivity index (χ0v) is 10.5. The Morgan fingerprint density at radius 3 is 2.76 bits per heavy atom. The molecule has 0 aliphatic rings. The number of carbonyl (C=O) groups is 1. The highest BCUT2D eigenvalue weighted by Crippen LogP contribution is 2.13. The summed E-state index contributed by atoms with van der Waals surface area (Å²) < 4.78 is 0.971. The highest BCUT2D eigenvalue weighted by atomic mass is 79.9. The number of amides is 2. The summed E-state index contributed by atoms with van der Waals surface area (Å²) in [5, 5.41) is 5.41. The molecule has 0 radical (unpaired) electrons. The van der Waals surface area contributed by atoms with Crippen molar-refractivity contribution in [2.45, 2.75) is 6.54 Å². The van der Waals surface area contributed by atoms with Crippen LogP contribution in [0.2, 0.25) is 0 Å². The molecule has 2 rings (SSSR count). The third kappa shape index (κ3) is 3.60. The van der Waals surface area contributed by atoms with Crippen LogP contribution >= 0.6 is 15.9 Å². The first-order valence-electron chi connectivity index (χ1n) is 5.03. The van der Waals surface area contributed by atoms with E-state index >= 15 is 0 Å². The van der Waals surface area contributed by atoms with Gasteiger partial charge in [0.1, 0.15) is 5.82 Å². The third-order valence-electron chi connectivity index (χ3n) is 2.07. The number of urea groups is 1. The summed E-state index contributed by atoms with van der Waals surface area (Å²) >= 11 is 3.33. The van der Waals surface area contributed by atoms with Crippen LogP contribution in [0.25, 0.3) is 0 Å². The molecular formula is C11H11BrN4O. The molecule has 88 valence electrons. The van der Waals surface area contributed by atoms with Crippen LogP contribution in [-0.4, -0.2) is 16.0 Å². The Labute approximate surface area is 107 Å². The number of aromatic nitrogens is 2. The van der Waals surface area contributed by atoms with Gasteiger partial charge in [-0.3, -0.25) is 0 Å². The van der Waals surface area contributed by atoms with Crippen LogP contribution in [0.1, 0.15) is 5.82 Å². The minimum absolute atomic E-state index is 0.260. The van der Waals surface area contributed by atoms with E-state index in [4.69, 9.17) is 0 Å². The molecule has 0 bridgehead atoms. The Morgan fingerprint density at radius 2 is 2.12 bits per heavy atom. The minimum atomic E-state index is -0.260. The molecular weight excluding hydrogens is 284 g/mol. The second-order valence-electron chi connectivity index (χ2n) is 3.35. The lowest BCUT2D eigenvalue weighted by molar-refractivity contribution is 0.251. The van der Waals surface area contributed by atoms with Gasteiger partial charge in [-0.2, -0.15) is 0 Å². The van der Waals surface area contributed by atoms with Crippen molar-refractivity contribution in [1.82, 2.24) is 15.3 Å². The van der Waals surface area contributed by atoms with Crippen molar-refractivity contribution in [2.24, 2.45) is 0 Å².